The number of benzene rings is 2. The van der Waals surface area contributed by atoms with E-state index in [-0.39, 0.29) is 18.4 Å². The summed E-state index contributed by atoms with van der Waals surface area (Å²) in [5.74, 6) is -0.396. The minimum absolute atomic E-state index is 0.0206. The Morgan fingerprint density at radius 3 is 2.04 bits per heavy atom. The van der Waals surface area contributed by atoms with Crippen LogP contribution in [-0.2, 0) is 9.59 Å². The van der Waals surface area contributed by atoms with E-state index in [4.69, 9.17) is 0 Å². The summed E-state index contributed by atoms with van der Waals surface area (Å²) in [5.41, 5.74) is 4.73. The molecule has 0 aliphatic carbocycles. The van der Waals surface area contributed by atoms with Crippen molar-refractivity contribution < 1.29 is 9.59 Å². The molecule has 25 heavy (non-hydrogen) atoms. The lowest BCUT2D eigenvalue weighted by Gasteiger charge is -2.21. The molecule has 132 valence electrons. The molecule has 0 saturated heterocycles. The number of hydrogen-bond acceptors (Lipinski definition) is 3. The van der Waals surface area contributed by atoms with Crippen LogP contribution < -0.4 is 15.1 Å². The second-order valence-electron chi connectivity index (χ2n) is 6.36. The summed E-state index contributed by atoms with van der Waals surface area (Å²) in [5, 5.41) is 2.84. The third-order valence-electron chi connectivity index (χ3n) is 4.15. The van der Waals surface area contributed by atoms with Gasteiger partial charge in [-0.15, -0.1) is 0 Å². The summed E-state index contributed by atoms with van der Waals surface area (Å²) in [6, 6.07) is 13.3. The van der Waals surface area contributed by atoms with Crippen LogP contribution in [0.2, 0.25) is 0 Å². The lowest BCUT2D eigenvalue weighted by atomic mass is 10.1. The second-order valence-corrected chi connectivity index (χ2v) is 6.36. The molecule has 0 bridgehead atoms. The molecule has 0 aliphatic heterocycles. The number of carbonyl (C=O) groups excluding carboxylic acids is 2. The lowest BCUT2D eigenvalue weighted by Crippen LogP contribution is -2.36. The van der Waals surface area contributed by atoms with Gasteiger partial charge in [0, 0.05) is 38.1 Å². The van der Waals surface area contributed by atoms with Crippen LogP contribution in [0, 0.1) is 13.8 Å². The molecule has 0 aromatic heterocycles. The van der Waals surface area contributed by atoms with Gasteiger partial charge >= 0.3 is 0 Å². The molecule has 0 aliphatic rings. The zero-order valence-corrected chi connectivity index (χ0v) is 15.5. The summed E-state index contributed by atoms with van der Waals surface area (Å²) in [6.45, 7) is 5.45. The summed E-state index contributed by atoms with van der Waals surface area (Å²) in [7, 11) is 3.92. The predicted octanol–water partition coefficient (Wildman–Crippen LogP) is 3.36. The Morgan fingerprint density at radius 2 is 1.52 bits per heavy atom. The van der Waals surface area contributed by atoms with Crippen LogP contribution in [0.5, 0.6) is 0 Å². The van der Waals surface area contributed by atoms with E-state index in [1.807, 2.05) is 75.3 Å². The van der Waals surface area contributed by atoms with Crippen molar-refractivity contribution in [2.45, 2.75) is 20.8 Å². The van der Waals surface area contributed by atoms with Gasteiger partial charge in [-0.2, -0.15) is 0 Å². The van der Waals surface area contributed by atoms with Crippen molar-refractivity contribution in [2.75, 3.05) is 35.8 Å². The highest BCUT2D eigenvalue weighted by Crippen LogP contribution is 2.20. The molecule has 0 atom stereocenters. The first-order valence-electron chi connectivity index (χ1n) is 8.20. The summed E-state index contributed by atoms with van der Waals surface area (Å²) in [4.78, 5) is 27.8. The maximum atomic E-state index is 12.4. The quantitative estimate of drug-likeness (QED) is 0.909. The molecule has 0 saturated carbocycles. The highest BCUT2D eigenvalue weighted by atomic mass is 16.2. The third kappa shape index (κ3) is 4.83. The van der Waals surface area contributed by atoms with Crippen molar-refractivity contribution in [2.24, 2.45) is 0 Å². The van der Waals surface area contributed by atoms with Crippen LogP contribution >= 0.6 is 0 Å². The van der Waals surface area contributed by atoms with Gasteiger partial charge in [0.15, 0.2) is 0 Å². The molecule has 0 fully saturated rings. The van der Waals surface area contributed by atoms with E-state index in [1.54, 1.807) is 0 Å². The van der Waals surface area contributed by atoms with Crippen molar-refractivity contribution >= 4 is 28.9 Å². The topological polar surface area (TPSA) is 52.7 Å². The minimum atomic E-state index is -0.231. The maximum absolute atomic E-state index is 12.4. The Kier molecular flexibility index (Phi) is 5.80. The molecule has 5 nitrogen and oxygen atoms in total. The van der Waals surface area contributed by atoms with Crippen LogP contribution in [0.4, 0.5) is 17.1 Å². The molecule has 1 N–H and O–H groups in total. The molecule has 0 unspecified atom stereocenters. The molecule has 0 radical (unpaired) electrons. The average Bonchev–Trinajstić information content (AvgIpc) is 2.55. The number of hydrogen-bond donors (Lipinski definition) is 1. The first-order chi connectivity index (χ1) is 11.8. The minimum Gasteiger partial charge on any atom is -0.378 e. The predicted molar refractivity (Wildman–Crippen MR) is 103 cm³/mol. The molecule has 2 aromatic carbocycles. The highest BCUT2D eigenvalue weighted by molar-refractivity contribution is 6.01. The molecular formula is C20H25N3O2. The summed E-state index contributed by atoms with van der Waals surface area (Å²) in [6.07, 6.45) is 0. The van der Waals surface area contributed by atoms with Crippen molar-refractivity contribution in [1.82, 2.24) is 0 Å². The first kappa shape index (κ1) is 18.5. The Hall–Kier alpha value is -2.82. The number of aryl methyl sites for hydroxylation is 2. The zero-order chi connectivity index (χ0) is 18.6. The Morgan fingerprint density at radius 1 is 0.920 bits per heavy atom. The fraction of sp³-hybridized carbons (Fsp3) is 0.300. The van der Waals surface area contributed by atoms with Gasteiger partial charge in [-0.25, -0.2) is 0 Å². The van der Waals surface area contributed by atoms with Crippen LogP contribution in [0.1, 0.15) is 18.1 Å². The van der Waals surface area contributed by atoms with Gasteiger partial charge in [0.1, 0.15) is 6.54 Å². The van der Waals surface area contributed by atoms with Gasteiger partial charge in [-0.1, -0.05) is 6.07 Å². The zero-order valence-electron chi connectivity index (χ0n) is 15.5. The number of nitrogens with zero attached hydrogens (tertiary/aromatic N) is 2. The van der Waals surface area contributed by atoms with Gasteiger partial charge in [0.2, 0.25) is 11.8 Å². The first-order valence-corrected chi connectivity index (χ1v) is 8.20. The Bertz CT molecular complexity index is 767. The number of rotatable bonds is 5. The molecule has 2 aromatic rings. The number of nitrogens with one attached hydrogen (secondary N) is 1. The summed E-state index contributed by atoms with van der Waals surface area (Å²) < 4.78 is 0. The van der Waals surface area contributed by atoms with Gasteiger partial charge in [-0.3, -0.25) is 9.59 Å². The van der Waals surface area contributed by atoms with Crippen molar-refractivity contribution in [3.63, 3.8) is 0 Å². The van der Waals surface area contributed by atoms with Crippen molar-refractivity contribution in [3.05, 3.63) is 53.6 Å². The fourth-order valence-corrected chi connectivity index (χ4v) is 2.46. The van der Waals surface area contributed by atoms with E-state index >= 15 is 0 Å². The molecular weight excluding hydrogens is 314 g/mol. The number of amides is 2. The molecule has 0 heterocycles. The lowest BCUT2D eigenvalue weighted by molar-refractivity contribution is -0.120. The van der Waals surface area contributed by atoms with Gasteiger partial charge in [0.05, 0.1) is 0 Å². The molecule has 2 amide bonds. The molecule has 2 rings (SSSR count). The summed E-state index contributed by atoms with van der Waals surface area (Å²) >= 11 is 0. The Balaban J connectivity index is 2.09. The monoisotopic (exact) mass is 339 g/mol. The van der Waals surface area contributed by atoms with Crippen LogP contribution in [-0.4, -0.2) is 32.5 Å². The van der Waals surface area contributed by atoms with Gasteiger partial charge in [0.25, 0.3) is 0 Å². The largest absolute Gasteiger partial charge is 0.378 e. The Labute approximate surface area is 149 Å². The normalized spacial score (nSPS) is 10.3. The smallest absolute Gasteiger partial charge is 0.244 e. The van der Waals surface area contributed by atoms with E-state index in [0.29, 0.717) is 5.69 Å². The van der Waals surface area contributed by atoms with E-state index in [2.05, 4.69) is 5.32 Å². The average molecular weight is 339 g/mol. The van der Waals surface area contributed by atoms with Crippen molar-refractivity contribution in [1.29, 1.82) is 0 Å². The molecule has 5 heteroatoms. The number of carbonyl (C=O) groups is 2. The third-order valence-corrected chi connectivity index (χ3v) is 4.15. The standard InChI is InChI=1S/C20H25N3O2/c1-14-6-9-19(12-15(14)2)23(16(3)24)13-20(25)21-17-7-10-18(11-8-17)22(4)5/h6-12H,13H2,1-5H3,(H,21,25). The highest BCUT2D eigenvalue weighted by Gasteiger charge is 2.16. The SMILES string of the molecule is CC(=O)N(CC(=O)Nc1ccc(N(C)C)cc1)c1ccc(C)c(C)c1. The van der Waals surface area contributed by atoms with Crippen LogP contribution in [0.3, 0.4) is 0 Å². The van der Waals surface area contributed by atoms with E-state index in [0.717, 1.165) is 22.5 Å². The number of anilines is 3. The van der Waals surface area contributed by atoms with E-state index < -0.39 is 0 Å². The fourth-order valence-electron chi connectivity index (χ4n) is 2.46. The van der Waals surface area contributed by atoms with Gasteiger partial charge < -0.3 is 15.1 Å². The van der Waals surface area contributed by atoms with E-state index in [1.165, 1.54) is 11.8 Å². The van der Waals surface area contributed by atoms with Crippen molar-refractivity contribution in [3.8, 4) is 0 Å². The molecule has 0 spiro atoms. The van der Waals surface area contributed by atoms with Crippen LogP contribution in [0.25, 0.3) is 0 Å². The maximum Gasteiger partial charge on any atom is 0.244 e. The van der Waals surface area contributed by atoms with E-state index in [9.17, 15) is 9.59 Å². The van der Waals surface area contributed by atoms with Crippen LogP contribution in [0.15, 0.2) is 42.5 Å². The second kappa shape index (κ2) is 7.83. The van der Waals surface area contributed by atoms with Gasteiger partial charge in [-0.05, 0) is 61.4 Å².